The minimum Gasteiger partial charge on any atom is -0.392 e. The van der Waals surface area contributed by atoms with Crippen molar-refractivity contribution in [3.8, 4) is 0 Å². The van der Waals surface area contributed by atoms with Crippen LogP contribution < -0.4 is 4.90 Å². The van der Waals surface area contributed by atoms with Gasteiger partial charge in [0, 0.05) is 38.4 Å². The third-order valence-corrected chi connectivity index (χ3v) is 4.36. The van der Waals surface area contributed by atoms with Gasteiger partial charge in [0.1, 0.15) is 5.82 Å². The molecule has 2 aliphatic heterocycles. The highest BCUT2D eigenvalue weighted by molar-refractivity contribution is 6.33. The van der Waals surface area contributed by atoms with E-state index in [-0.39, 0.29) is 6.61 Å². The van der Waals surface area contributed by atoms with Gasteiger partial charge < -0.3 is 14.7 Å². The van der Waals surface area contributed by atoms with Crippen LogP contribution in [0.1, 0.15) is 12.0 Å². The van der Waals surface area contributed by atoms with E-state index in [4.69, 9.17) is 21.4 Å². The van der Waals surface area contributed by atoms with Crippen LogP contribution in [0.5, 0.6) is 0 Å². The summed E-state index contributed by atoms with van der Waals surface area (Å²) in [6.45, 7) is 5.62. The molecule has 0 radical (unpaired) electrons. The van der Waals surface area contributed by atoms with Gasteiger partial charge in [-0.2, -0.15) is 0 Å². The quantitative estimate of drug-likeness (QED) is 0.907. The number of aromatic nitrogens is 1. The number of nitrogens with zero attached hydrogens (tertiary/aromatic N) is 3. The summed E-state index contributed by atoms with van der Waals surface area (Å²) in [5.74, 6) is 0.833. The number of ether oxygens (including phenoxy) is 1. The minimum atomic E-state index is -0.0244. The van der Waals surface area contributed by atoms with Gasteiger partial charge in [-0.15, -0.1) is 0 Å². The minimum absolute atomic E-state index is 0.0244. The molecular formula is C14H20ClN3O2. The highest BCUT2D eigenvalue weighted by Gasteiger charge is 2.30. The van der Waals surface area contributed by atoms with Crippen LogP contribution in [0.15, 0.2) is 12.3 Å². The average Bonchev–Trinajstić information content (AvgIpc) is 2.97. The van der Waals surface area contributed by atoms with Crippen LogP contribution in [0.2, 0.25) is 5.02 Å². The number of hydrogen-bond acceptors (Lipinski definition) is 5. The Bertz CT molecular complexity index is 466. The summed E-state index contributed by atoms with van der Waals surface area (Å²) in [7, 11) is 0. The molecule has 1 N–H and O–H groups in total. The molecule has 2 saturated heterocycles. The van der Waals surface area contributed by atoms with Crippen molar-refractivity contribution >= 4 is 17.4 Å². The number of anilines is 1. The van der Waals surface area contributed by atoms with Crippen LogP contribution in [0, 0.1) is 0 Å². The zero-order chi connectivity index (χ0) is 13.9. The Labute approximate surface area is 124 Å². The zero-order valence-corrected chi connectivity index (χ0v) is 12.2. The number of morpholine rings is 1. The Morgan fingerprint density at radius 2 is 2.15 bits per heavy atom. The molecule has 0 bridgehead atoms. The molecular weight excluding hydrogens is 278 g/mol. The molecule has 6 heteroatoms. The van der Waals surface area contributed by atoms with Gasteiger partial charge >= 0.3 is 0 Å². The number of halogens is 1. The lowest BCUT2D eigenvalue weighted by atomic mass is 10.2. The van der Waals surface area contributed by atoms with Crippen LogP contribution in [-0.2, 0) is 11.3 Å². The summed E-state index contributed by atoms with van der Waals surface area (Å²) in [6.07, 6.45) is 2.84. The molecule has 5 nitrogen and oxygen atoms in total. The molecule has 1 aromatic rings. The van der Waals surface area contributed by atoms with E-state index in [2.05, 4.69) is 14.8 Å². The molecule has 0 amide bonds. The normalized spacial score (nSPS) is 24.3. The van der Waals surface area contributed by atoms with Crippen molar-refractivity contribution < 1.29 is 9.84 Å². The molecule has 3 heterocycles. The molecule has 0 saturated carbocycles. The molecule has 1 aromatic heterocycles. The van der Waals surface area contributed by atoms with Gasteiger partial charge in [0.05, 0.1) is 24.8 Å². The Balaban J connectivity index is 1.67. The lowest BCUT2D eigenvalue weighted by Gasteiger charge is -2.32. The van der Waals surface area contributed by atoms with Crippen molar-refractivity contribution in [3.05, 3.63) is 22.8 Å². The van der Waals surface area contributed by atoms with Crippen molar-refractivity contribution in [2.45, 2.75) is 19.1 Å². The number of rotatable bonds is 3. The molecule has 110 valence electrons. The van der Waals surface area contributed by atoms with E-state index in [1.54, 1.807) is 12.3 Å². The van der Waals surface area contributed by atoms with Crippen LogP contribution in [0.4, 0.5) is 5.82 Å². The first-order valence-corrected chi connectivity index (χ1v) is 7.48. The Morgan fingerprint density at radius 3 is 2.85 bits per heavy atom. The summed E-state index contributed by atoms with van der Waals surface area (Å²) in [5.41, 5.74) is 0.752. The van der Waals surface area contributed by atoms with Gasteiger partial charge in [0.25, 0.3) is 0 Å². The van der Waals surface area contributed by atoms with Gasteiger partial charge in [-0.3, -0.25) is 4.90 Å². The highest BCUT2D eigenvalue weighted by Crippen LogP contribution is 2.28. The molecule has 0 spiro atoms. The fourth-order valence-corrected chi connectivity index (χ4v) is 3.27. The van der Waals surface area contributed by atoms with Crippen molar-refractivity contribution in [2.75, 3.05) is 44.3 Å². The third kappa shape index (κ3) is 2.91. The summed E-state index contributed by atoms with van der Waals surface area (Å²) in [4.78, 5) is 9.14. The van der Waals surface area contributed by atoms with Crippen molar-refractivity contribution in [1.29, 1.82) is 0 Å². The maximum Gasteiger partial charge on any atom is 0.147 e. The predicted molar refractivity (Wildman–Crippen MR) is 78.2 cm³/mol. The summed E-state index contributed by atoms with van der Waals surface area (Å²) >= 11 is 6.27. The van der Waals surface area contributed by atoms with Crippen molar-refractivity contribution in [3.63, 3.8) is 0 Å². The summed E-state index contributed by atoms with van der Waals surface area (Å²) in [5, 5.41) is 9.72. The first-order chi connectivity index (χ1) is 9.78. The smallest absolute Gasteiger partial charge is 0.147 e. The second kappa shape index (κ2) is 6.26. The number of aliphatic hydroxyl groups is 1. The summed E-state index contributed by atoms with van der Waals surface area (Å²) < 4.78 is 5.40. The van der Waals surface area contributed by atoms with E-state index >= 15 is 0 Å². The molecule has 2 aliphatic rings. The maximum absolute atomic E-state index is 9.10. The zero-order valence-electron chi connectivity index (χ0n) is 11.5. The second-order valence-electron chi connectivity index (χ2n) is 5.34. The Kier molecular flexibility index (Phi) is 4.41. The monoisotopic (exact) mass is 297 g/mol. The SMILES string of the molecule is OCc1cnc(N2CCC(N3CCOCC3)C2)c(Cl)c1. The lowest BCUT2D eigenvalue weighted by Crippen LogP contribution is -2.44. The highest BCUT2D eigenvalue weighted by atomic mass is 35.5. The van der Waals surface area contributed by atoms with E-state index in [9.17, 15) is 0 Å². The lowest BCUT2D eigenvalue weighted by molar-refractivity contribution is 0.0209. The van der Waals surface area contributed by atoms with Crippen LogP contribution in [0.3, 0.4) is 0 Å². The van der Waals surface area contributed by atoms with Gasteiger partial charge in [-0.25, -0.2) is 4.98 Å². The number of hydrogen-bond donors (Lipinski definition) is 1. The second-order valence-corrected chi connectivity index (χ2v) is 5.75. The number of aliphatic hydroxyl groups excluding tert-OH is 1. The van der Waals surface area contributed by atoms with E-state index in [1.807, 2.05) is 0 Å². The van der Waals surface area contributed by atoms with Gasteiger partial charge in [0.2, 0.25) is 0 Å². The van der Waals surface area contributed by atoms with E-state index in [0.29, 0.717) is 11.1 Å². The topological polar surface area (TPSA) is 48.8 Å². The molecule has 2 fully saturated rings. The Hall–Kier alpha value is -0.880. The molecule has 1 atom stereocenters. The van der Waals surface area contributed by atoms with E-state index in [1.165, 1.54) is 0 Å². The van der Waals surface area contributed by atoms with Crippen LogP contribution >= 0.6 is 11.6 Å². The van der Waals surface area contributed by atoms with Crippen LogP contribution in [-0.4, -0.2) is 60.4 Å². The molecule has 3 rings (SSSR count). The predicted octanol–water partition coefficient (Wildman–Crippen LogP) is 1.14. The third-order valence-electron chi connectivity index (χ3n) is 4.09. The number of pyridine rings is 1. The average molecular weight is 298 g/mol. The van der Waals surface area contributed by atoms with Crippen molar-refractivity contribution in [2.24, 2.45) is 0 Å². The van der Waals surface area contributed by atoms with Crippen LogP contribution in [0.25, 0.3) is 0 Å². The fraction of sp³-hybridized carbons (Fsp3) is 0.643. The largest absolute Gasteiger partial charge is 0.392 e. The summed E-state index contributed by atoms with van der Waals surface area (Å²) in [6, 6.07) is 2.36. The first-order valence-electron chi connectivity index (χ1n) is 7.10. The van der Waals surface area contributed by atoms with E-state index < -0.39 is 0 Å². The van der Waals surface area contributed by atoms with Gasteiger partial charge in [-0.1, -0.05) is 11.6 Å². The van der Waals surface area contributed by atoms with E-state index in [0.717, 1.165) is 57.2 Å². The first kappa shape index (κ1) is 14.1. The fourth-order valence-electron chi connectivity index (χ4n) is 2.96. The van der Waals surface area contributed by atoms with Gasteiger partial charge in [0.15, 0.2) is 0 Å². The molecule has 20 heavy (non-hydrogen) atoms. The van der Waals surface area contributed by atoms with Crippen molar-refractivity contribution in [1.82, 2.24) is 9.88 Å². The molecule has 0 aliphatic carbocycles. The van der Waals surface area contributed by atoms with Gasteiger partial charge in [-0.05, 0) is 18.1 Å². The Morgan fingerprint density at radius 1 is 1.35 bits per heavy atom. The maximum atomic E-state index is 9.10. The molecule has 0 aromatic carbocycles. The molecule has 1 unspecified atom stereocenters. The standard InChI is InChI=1S/C14H20ClN3O2/c15-13-7-11(10-19)8-16-14(13)18-2-1-12(9-18)17-3-5-20-6-4-17/h7-8,12,19H,1-6,9-10H2.